The number of hydrogen-bond acceptors (Lipinski definition) is 4. The van der Waals surface area contributed by atoms with Crippen molar-refractivity contribution < 1.29 is 29.0 Å². The molecule has 114 valence electrons. The van der Waals surface area contributed by atoms with E-state index in [0.717, 1.165) is 12.8 Å². The Morgan fingerprint density at radius 1 is 1.45 bits per heavy atom. The van der Waals surface area contributed by atoms with Crippen LogP contribution in [0.4, 0.5) is 4.79 Å². The third-order valence-electron chi connectivity index (χ3n) is 3.52. The summed E-state index contributed by atoms with van der Waals surface area (Å²) in [6.07, 6.45) is 2.14. The van der Waals surface area contributed by atoms with Gasteiger partial charge >= 0.3 is 19.7 Å². The van der Waals surface area contributed by atoms with Crippen LogP contribution in [-0.2, 0) is 9.36 Å². The predicted octanol–water partition coefficient (Wildman–Crippen LogP) is 0.602. The first kappa shape index (κ1) is 15.6. The average molecular weight is 324 g/mol. The number of carboxylic acid groups (broad SMARTS) is 1. The van der Waals surface area contributed by atoms with Crippen molar-refractivity contribution in [2.24, 2.45) is 0 Å². The maximum Gasteiger partial charge on any atom is 0.434 e. The molecule has 2 saturated heterocycles. The third-order valence-corrected chi connectivity index (χ3v) is 6.05. The number of nitrogens with one attached hydrogen (secondary N) is 1. The quantitative estimate of drug-likeness (QED) is 0.320. The lowest BCUT2D eigenvalue weighted by atomic mass is 10.0. The number of rotatable bonds is 6. The van der Waals surface area contributed by atoms with E-state index in [1.54, 1.807) is 11.8 Å². The van der Waals surface area contributed by atoms with Gasteiger partial charge in [-0.3, -0.25) is 4.79 Å². The van der Waals surface area contributed by atoms with Gasteiger partial charge < -0.3 is 20.2 Å². The summed E-state index contributed by atoms with van der Waals surface area (Å²) in [6.45, 7) is 0. The van der Waals surface area contributed by atoms with Gasteiger partial charge in [0.2, 0.25) is 0 Å². The van der Waals surface area contributed by atoms with Gasteiger partial charge in [-0.25, -0.2) is 14.0 Å². The SMILES string of the molecule is O=C(O)CCCC[C@@H]1SC[C@H]2[C@@H]1NC(=O)N2P(=O)(O)O. The van der Waals surface area contributed by atoms with Gasteiger partial charge in [0.05, 0.1) is 12.1 Å². The van der Waals surface area contributed by atoms with Crippen LogP contribution in [0.1, 0.15) is 25.7 Å². The first-order valence-electron chi connectivity index (χ1n) is 6.30. The molecule has 0 radical (unpaired) electrons. The van der Waals surface area contributed by atoms with Crippen molar-refractivity contribution in [3.05, 3.63) is 0 Å². The summed E-state index contributed by atoms with van der Waals surface area (Å²) in [6, 6.07) is -1.48. The van der Waals surface area contributed by atoms with E-state index in [-0.39, 0.29) is 17.7 Å². The second-order valence-electron chi connectivity index (χ2n) is 4.91. The molecule has 4 N–H and O–H groups in total. The Hall–Kier alpha value is -0.760. The Morgan fingerprint density at radius 3 is 2.75 bits per heavy atom. The molecule has 2 rings (SSSR count). The molecule has 2 heterocycles. The second kappa shape index (κ2) is 5.93. The summed E-state index contributed by atoms with van der Waals surface area (Å²) in [5.41, 5.74) is 0. The lowest BCUT2D eigenvalue weighted by molar-refractivity contribution is -0.137. The summed E-state index contributed by atoms with van der Waals surface area (Å²) < 4.78 is 12.0. The standard InChI is InChI=1S/C10H17N2O6PS/c13-8(14)4-2-1-3-7-9-6(5-20-7)12(10(15)11-9)19(16,17)18/h6-7,9H,1-5H2,(H,11,15)(H,13,14)(H2,16,17,18)/t6-,7-,9-/m0/s1. The minimum Gasteiger partial charge on any atom is -0.481 e. The van der Waals surface area contributed by atoms with E-state index in [1.807, 2.05) is 0 Å². The molecule has 0 spiro atoms. The molecule has 10 heteroatoms. The van der Waals surface area contributed by atoms with E-state index >= 15 is 0 Å². The summed E-state index contributed by atoms with van der Waals surface area (Å²) in [5, 5.41) is 11.3. The van der Waals surface area contributed by atoms with Crippen molar-refractivity contribution in [3.8, 4) is 0 Å². The fourth-order valence-electron chi connectivity index (χ4n) is 2.64. The monoisotopic (exact) mass is 324 g/mol. The Bertz CT molecular complexity index is 455. The van der Waals surface area contributed by atoms with Crippen molar-refractivity contribution in [2.45, 2.75) is 43.0 Å². The number of thioether (sulfide) groups is 1. The van der Waals surface area contributed by atoms with Crippen LogP contribution in [0.25, 0.3) is 0 Å². The number of fused-ring (bicyclic) bond motifs is 1. The van der Waals surface area contributed by atoms with Crippen molar-refractivity contribution in [2.75, 3.05) is 5.75 Å². The molecule has 0 unspecified atom stereocenters. The van der Waals surface area contributed by atoms with Gasteiger partial charge in [0.15, 0.2) is 0 Å². The Balaban J connectivity index is 1.90. The Morgan fingerprint density at radius 2 is 2.15 bits per heavy atom. The molecular formula is C10H17N2O6PS. The number of urea groups is 1. The maximum absolute atomic E-state index is 11.6. The average Bonchev–Trinajstić information content (AvgIpc) is 2.81. The number of amides is 2. The van der Waals surface area contributed by atoms with Gasteiger partial charge in [-0.05, 0) is 12.8 Å². The highest BCUT2D eigenvalue weighted by molar-refractivity contribution is 8.00. The number of hydrogen-bond donors (Lipinski definition) is 4. The molecule has 2 aliphatic heterocycles. The molecule has 0 bridgehead atoms. The molecule has 2 fully saturated rings. The molecule has 2 amide bonds. The summed E-state index contributed by atoms with van der Waals surface area (Å²) in [5.74, 6) is -0.346. The van der Waals surface area contributed by atoms with Gasteiger partial charge in [-0.2, -0.15) is 11.8 Å². The van der Waals surface area contributed by atoms with Gasteiger partial charge in [-0.1, -0.05) is 6.42 Å². The van der Waals surface area contributed by atoms with Crippen LogP contribution in [0.5, 0.6) is 0 Å². The van der Waals surface area contributed by atoms with Crippen molar-refractivity contribution in [1.29, 1.82) is 0 Å². The number of carbonyl (C=O) groups excluding carboxylic acids is 1. The smallest absolute Gasteiger partial charge is 0.434 e. The van der Waals surface area contributed by atoms with E-state index in [0.29, 0.717) is 16.8 Å². The van der Waals surface area contributed by atoms with Crippen LogP contribution >= 0.6 is 19.5 Å². The van der Waals surface area contributed by atoms with Crippen LogP contribution in [0.3, 0.4) is 0 Å². The Labute approximate surface area is 120 Å². The third kappa shape index (κ3) is 3.28. The zero-order valence-electron chi connectivity index (χ0n) is 10.6. The van der Waals surface area contributed by atoms with Crippen LogP contribution in [0.15, 0.2) is 0 Å². The minimum atomic E-state index is -4.58. The Kier molecular flexibility index (Phi) is 4.63. The number of nitrogens with zero attached hydrogens (tertiary/aromatic N) is 1. The topological polar surface area (TPSA) is 127 Å². The van der Waals surface area contributed by atoms with E-state index < -0.39 is 25.8 Å². The zero-order chi connectivity index (χ0) is 14.9. The second-order valence-corrected chi connectivity index (χ2v) is 7.64. The highest BCUT2D eigenvalue weighted by Crippen LogP contribution is 2.49. The molecule has 20 heavy (non-hydrogen) atoms. The van der Waals surface area contributed by atoms with E-state index in [9.17, 15) is 23.9 Å². The molecule has 3 atom stereocenters. The molecule has 8 nitrogen and oxygen atoms in total. The highest BCUT2D eigenvalue weighted by Gasteiger charge is 2.53. The van der Waals surface area contributed by atoms with Crippen molar-refractivity contribution in [1.82, 2.24) is 9.99 Å². The molecule has 2 aliphatic rings. The van der Waals surface area contributed by atoms with Gasteiger partial charge in [0.25, 0.3) is 0 Å². The molecule has 0 aliphatic carbocycles. The van der Waals surface area contributed by atoms with Crippen LogP contribution in [0, 0.1) is 0 Å². The summed E-state index contributed by atoms with van der Waals surface area (Å²) >= 11 is 1.57. The van der Waals surface area contributed by atoms with Gasteiger partial charge in [-0.15, -0.1) is 0 Å². The molecule has 0 aromatic rings. The minimum absolute atomic E-state index is 0.0781. The lowest BCUT2D eigenvalue weighted by Crippen LogP contribution is -2.37. The molecular weight excluding hydrogens is 307 g/mol. The van der Waals surface area contributed by atoms with Crippen LogP contribution in [-0.4, -0.2) is 54.7 Å². The van der Waals surface area contributed by atoms with E-state index in [2.05, 4.69) is 5.32 Å². The van der Waals surface area contributed by atoms with E-state index in [4.69, 9.17) is 5.11 Å². The van der Waals surface area contributed by atoms with Crippen molar-refractivity contribution >= 4 is 31.5 Å². The molecule has 0 saturated carbocycles. The molecule has 0 aromatic heterocycles. The summed E-state index contributed by atoms with van der Waals surface area (Å²) in [4.78, 5) is 40.4. The number of carbonyl (C=O) groups is 2. The maximum atomic E-state index is 11.6. The van der Waals surface area contributed by atoms with E-state index in [1.165, 1.54) is 0 Å². The summed E-state index contributed by atoms with van der Waals surface area (Å²) in [7, 11) is -4.58. The van der Waals surface area contributed by atoms with Crippen LogP contribution < -0.4 is 5.32 Å². The normalized spacial score (nSPS) is 29.4. The first-order valence-corrected chi connectivity index (χ1v) is 8.91. The van der Waals surface area contributed by atoms with Crippen molar-refractivity contribution in [3.63, 3.8) is 0 Å². The fraction of sp³-hybridized carbons (Fsp3) is 0.800. The number of unbranched alkanes of at least 4 members (excludes halogenated alkanes) is 1. The van der Waals surface area contributed by atoms with Gasteiger partial charge in [0.1, 0.15) is 0 Å². The predicted molar refractivity (Wildman–Crippen MR) is 72.3 cm³/mol. The van der Waals surface area contributed by atoms with Crippen LogP contribution in [0.2, 0.25) is 0 Å². The lowest BCUT2D eigenvalue weighted by Gasteiger charge is -2.22. The zero-order valence-corrected chi connectivity index (χ0v) is 12.3. The van der Waals surface area contributed by atoms with Gasteiger partial charge in [0, 0.05) is 17.4 Å². The number of carboxylic acids is 1. The fourth-order valence-corrected chi connectivity index (χ4v) is 5.25. The number of aliphatic carboxylic acids is 1. The first-order chi connectivity index (χ1) is 9.30. The largest absolute Gasteiger partial charge is 0.481 e. The molecule has 0 aromatic carbocycles. The highest BCUT2D eigenvalue weighted by atomic mass is 32.2.